The maximum atomic E-state index is 12.8. The Morgan fingerprint density at radius 2 is 1.84 bits per heavy atom. The number of nitrogens with zero attached hydrogens (tertiary/aromatic N) is 1. The molecule has 0 unspecified atom stereocenters. The molecule has 0 fully saturated rings. The van der Waals surface area contributed by atoms with Gasteiger partial charge in [0.25, 0.3) is 0 Å². The van der Waals surface area contributed by atoms with Crippen LogP contribution in [-0.4, -0.2) is 16.1 Å². The van der Waals surface area contributed by atoms with Crippen molar-refractivity contribution in [3.8, 4) is 17.2 Å². The summed E-state index contributed by atoms with van der Waals surface area (Å²) in [6, 6.07) is 10.1. The van der Waals surface area contributed by atoms with Gasteiger partial charge in [0.15, 0.2) is 11.9 Å². The first-order valence-corrected chi connectivity index (χ1v) is 9.67. The van der Waals surface area contributed by atoms with Crippen LogP contribution in [0.2, 0.25) is 0 Å². The van der Waals surface area contributed by atoms with E-state index in [0.29, 0.717) is 29.2 Å². The van der Waals surface area contributed by atoms with Gasteiger partial charge in [0, 0.05) is 12.0 Å². The predicted octanol–water partition coefficient (Wildman–Crippen LogP) is 6.13. The van der Waals surface area contributed by atoms with Gasteiger partial charge in [-0.25, -0.2) is 4.98 Å². The van der Waals surface area contributed by atoms with E-state index in [0.717, 1.165) is 23.3 Å². The molecule has 0 saturated carbocycles. The molecule has 3 aromatic rings. The molecule has 5 nitrogen and oxygen atoms in total. The van der Waals surface area contributed by atoms with E-state index in [2.05, 4.69) is 4.98 Å². The van der Waals surface area contributed by atoms with E-state index in [-0.39, 0.29) is 12.3 Å². The fourth-order valence-corrected chi connectivity index (χ4v) is 3.23. The van der Waals surface area contributed by atoms with Crippen molar-refractivity contribution >= 4 is 5.97 Å². The summed E-state index contributed by atoms with van der Waals surface area (Å²) in [5, 5.41) is 8.83. The van der Waals surface area contributed by atoms with Gasteiger partial charge in [0.05, 0.1) is 11.3 Å². The van der Waals surface area contributed by atoms with Crippen LogP contribution in [-0.2, 0) is 17.4 Å². The van der Waals surface area contributed by atoms with E-state index in [4.69, 9.17) is 14.3 Å². The number of aromatic nitrogens is 1. The van der Waals surface area contributed by atoms with Gasteiger partial charge < -0.3 is 14.3 Å². The number of alkyl halides is 3. The van der Waals surface area contributed by atoms with Gasteiger partial charge in [0.2, 0.25) is 5.89 Å². The third-order valence-corrected chi connectivity index (χ3v) is 4.90. The van der Waals surface area contributed by atoms with Crippen LogP contribution < -0.4 is 4.74 Å². The van der Waals surface area contributed by atoms with Crippen molar-refractivity contribution in [1.29, 1.82) is 0 Å². The topological polar surface area (TPSA) is 72.6 Å². The molecule has 2 aromatic carbocycles. The van der Waals surface area contributed by atoms with Gasteiger partial charge in [-0.3, -0.25) is 4.79 Å². The fourth-order valence-electron chi connectivity index (χ4n) is 3.23. The molecular weight excluding hydrogens is 411 g/mol. The molecule has 1 N–H and O–H groups in total. The van der Waals surface area contributed by atoms with Crippen LogP contribution in [0.3, 0.4) is 0 Å². The van der Waals surface area contributed by atoms with E-state index in [9.17, 15) is 18.0 Å². The maximum absolute atomic E-state index is 12.8. The lowest BCUT2D eigenvalue weighted by atomic mass is 10.0. The summed E-state index contributed by atoms with van der Waals surface area (Å²) in [5.74, 6) is 0.438. The highest BCUT2D eigenvalue weighted by molar-refractivity contribution is 5.67. The predicted molar refractivity (Wildman–Crippen MR) is 108 cm³/mol. The van der Waals surface area contributed by atoms with Crippen molar-refractivity contribution in [2.24, 2.45) is 0 Å². The number of hydrogen-bond acceptors (Lipinski definition) is 4. The van der Waals surface area contributed by atoms with Crippen LogP contribution in [0.4, 0.5) is 13.2 Å². The number of benzene rings is 2. The van der Waals surface area contributed by atoms with Gasteiger partial charge in [-0.05, 0) is 74.7 Å². The molecule has 0 saturated heterocycles. The first-order valence-electron chi connectivity index (χ1n) is 9.67. The largest absolute Gasteiger partial charge is 0.483 e. The van der Waals surface area contributed by atoms with E-state index in [1.807, 2.05) is 19.1 Å². The highest BCUT2D eigenvalue weighted by Crippen LogP contribution is 2.33. The summed E-state index contributed by atoms with van der Waals surface area (Å²) >= 11 is 0. The lowest BCUT2D eigenvalue weighted by Gasteiger charge is -2.14. The van der Waals surface area contributed by atoms with Crippen LogP contribution in [0.25, 0.3) is 11.5 Å². The molecule has 1 heterocycles. The quantitative estimate of drug-likeness (QED) is 0.485. The smallest absolute Gasteiger partial charge is 0.416 e. The second-order valence-corrected chi connectivity index (χ2v) is 7.29. The Balaban J connectivity index is 1.74. The molecule has 164 valence electrons. The molecule has 0 spiro atoms. The summed E-state index contributed by atoms with van der Waals surface area (Å²) in [7, 11) is 0. The molecule has 1 atom stereocenters. The van der Waals surface area contributed by atoms with Gasteiger partial charge >= 0.3 is 12.1 Å². The molecule has 0 bridgehead atoms. The van der Waals surface area contributed by atoms with Gasteiger partial charge in [-0.1, -0.05) is 6.07 Å². The second kappa shape index (κ2) is 8.83. The highest BCUT2D eigenvalue weighted by Gasteiger charge is 2.30. The second-order valence-electron chi connectivity index (χ2n) is 7.29. The highest BCUT2D eigenvalue weighted by atomic mass is 19.4. The Morgan fingerprint density at radius 3 is 2.42 bits per heavy atom. The van der Waals surface area contributed by atoms with E-state index in [1.54, 1.807) is 19.9 Å². The lowest BCUT2D eigenvalue weighted by Crippen LogP contribution is -2.04. The Labute approximate surface area is 177 Å². The average molecular weight is 433 g/mol. The Kier molecular flexibility index (Phi) is 6.38. The molecular formula is C23H22F3NO4. The number of hydrogen-bond donors (Lipinski definition) is 1. The Hall–Kier alpha value is -3.29. The zero-order valence-corrected chi connectivity index (χ0v) is 17.3. The summed E-state index contributed by atoms with van der Waals surface area (Å²) < 4.78 is 50.0. The standard InChI is InChI=1S/C23H22F3NO4/c1-13-12-19(10-6-16(13)7-11-20(28)29)30-15(3)21-14(2)27-22(31-21)17-4-8-18(9-5-17)23(24,25)26/h4-6,8-10,12,15H,7,11H2,1-3H3,(H,28,29)/t15-/m1/s1. The number of carboxylic acids is 1. The van der Waals surface area contributed by atoms with Crippen LogP contribution in [0, 0.1) is 13.8 Å². The van der Waals surface area contributed by atoms with Crippen molar-refractivity contribution in [3.63, 3.8) is 0 Å². The minimum Gasteiger partial charge on any atom is -0.483 e. The van der Waals surface area contributed by atoms with Crippen molar-refractivity contribution in [2.45, 2.75) is 45.9 Å². The summed E-state index contributed by atoms with van der Waals surface area (Å²) in [4.78, 5) is 15.1. The Morgan fingerprint density at radius 1 is 1.16 bits per heavy atom. The summed E-state index contributed by atoms with van der Waals surface area (Å²) in [5.41, 5.74) is 2.14. The van der Waals surface area contributed by atoms with Crippen LogP contribution >= 0.6 is 0 Å². The molecule has 31 heavy (non-hydrogen) atoms. The van der Waals surface area contributed by atoms with E-state index in [1.165, 1.54) is 12.1 Å². The first-order chi connectivity index (χ1) is 14.5. The average Bonchev–Trinajstić information content (AvgIpc) is 3.08. The van der Waals surface area contributed by atoms with Crippen molar-refractivity contribution in [1.82, 2.24) is 4.98 Å². The molecule has 0 radical (unpaired) electrons. The number of ether oxygens (including phenoxy) is 1. The number of aliphatic carboxylic acids is 1. The fraction of sp³-hybridized carbons (Fsp3) is 0.304. The number of rotatable bonds is 7. The van der Waals surface area contributed by atoms with Gasteiger partial charge in [-0.15, -0.1) is 0 Å². The molecule has 0 aliphatic carbocycles. The summed E-state index contributed by atoms with van der Waals surface area (Å²) in [6.45, 7) is 5.42. The van der Waals surface area contributed by atoms with Crippen LogP contribution in [0.5, 0.6) is 5.75 Å². The van der Waals surface area contributed by atoms with Crippen molar-refractivity contribution in [3.05, 3.63) is 70.6 Å². The molecule has 3 rings (SSSR count). The SMILES string of the molecule is Cc1cc(O[C@H](C)c2oc(-c3ccc(C(F)(F)F)cc3)nc2C)ccc1CCC(=O)O. The molecule has 1 aromatic heterocycles. The normalized spacial score (nSPS) is 12.6. The third-order valence-electron chi connectivity index (χ3n) is 4.90. The van der Waals surface area contributed by atoms with Crippen LogP contribution in [0.1, 0.15) is 47.6 Å². The van der Waals surface area contributed by atoms with Gasteiger partial charge in [0.1, 0.15) is 5.75 Å². The number of carboxylic acid groups (broad SMARTS) is 1. The van der Waals surface area contributed by atoms with Crippen LogP contribution in [0.15, 0.2) is 46.9 Å². The van der Waals surface area contributed by atoms with Crippen molar-refractivity contribution in [2.75, 3.05) is 0 Å². The maximum Gasteiger partial charge on any atom is 0.416 e. The zero-order chi connectivity index (χ0) is 22.8. The zero-order valence-electron chi connectivity index (χ0n) is 17.3. The molecule has 0 amide bonds. The Bertz CT molecular complexity index is 1070. The monoisotopic (exact) mass is 433 g/mol. The molecule has 0 aliphatic heterocycles. The number of oxazole rings is 1. The number of halogens is 3. The van der Waals surface area contributed by atoms with Gasteiger partial charge in [-0.2, -0.15) is 13.2 Å². The number of carbonyl (C=O) groups is 1. The first kappa shape index (κ1) is 22.4. The minimum absolute atomic E-state index is 0.0570. The third kappa shape index (κ3) is 5.45. The minimum atomic E-state index is -4.40. The van der Waals surface area contributed by atoms with E-state index >= 15 is 0 Å². The lowest BCUT2D eigenvalue weighted by molar-refractivity contribution is -0.138. The summed E-state index contributed by atoms with van der Waals surface area (Å²) in [6.07, 6.45) is -4.39. The van der Waals surface area contributed by atoms with E-state index < -0.39 is 23.8 Å². The van der Waals surface area contributed by atoms with Crippen molar-refractivity contribution < 1.29 is 32.2 Å². The molecule has 8 heteroatoms. The number of aryl methyl sites for hydroxylation is 3. The molecule has 0 aliphatic rings.